The van der Waals surface area contributed by atoms with E-state index in [2.05, 4.69) is 15.6 Å². The van der Waals surface area contributed by atoms with Crippen molar-refractivity contribution in [3.8, 4) is 0 Å². The van der Waals surface area contributed by atoms with Gasteiger partial charge in [0.1, 0.15) is 0 Å². The van der Waals surface area contributed by atoms with Crippen molar-refractivity contribution in [2.75, 3.05) is 19.8 Å². The molecule has 1 aromatic heterocycles. The number of para-hydroxylation sites is 1. The lowest BCUT2D eigenvalue weighted by Gasteiger charge is -2.28. The molecule has 3 N–H and O–H groups in total. The summed E-state index contributed by atoms with van der Waals surface area (Å²) in [6.45, 7) is 6.12. The summed E-state index contributed by atoms with van der Waals surface area (Å²) in [5.74, 6) is -0.0177. The van der Waals surface area contributed by atoms with Crippen molar-refractivity contribution in [3.05, 3.63) is 35.0 Å². The average molecular weight is 508 g/mol. The van der Waals surface area contributed by atoms with E-state index in [1.54, 1.807) is 6.07 Å². The number of amides is 2. The second kappa shape index (κ2) is 11.2. The normalized spacial score (nSPS) is 20.5. The third-order valence-electron chi connectivity index (χ3n) is 7.89. The van der Waals surface area contributed by atoms with Crippen LogP contribution < -0.4 is 10.6 Å². The van der Waals surface area contributed by atoms with Crippen molar-refractivity contribution in [2.45, 2.75) is 71.0 Å². The number of H-pyrrole nitrogens is 1. The van der Waals surface area contributed by atoms with E-state index < -0.39 is 11.7 Å². The Labute approximate surface area is 209 Å². The lowest BCUT2D eigenvalue weighted by atomic mass is 9.85. The fourth-order valence-corrected chi connectivity index (χ4v) is 5.36. The minimum absolute atomic E-state index is 0.0747. The molecule has 2 heterocycles. The predicted molar refractivity (Wildman–Crippen MR) is 131 cm³/mol. The van der Waals surface area contributed by atoms with Crippen molar-refractivity contribution in [3.63, 3.8) is 0 Å². The quantitative estimate of drug-likeness (QED) is 0.482. The first-order valence-electron chi connectivity index (χ1n) is 13.0. The maximum absolute atomic E-state index is 13.5. The molecule has 4 rings (SSSR count). The zero-order chi connectivity index (χ0) is 25.9. The monoisotopic (exact) mass is 507 g/mol. The Hall–Kier alpha value is -2.55. The number of benzene rings is 1. The van der Waals surface area contributed by atoms with Gasteiger partial charge < -0.3 is 20.4 Å². The van der Waals surface area contributed by atoms with E-state index in [-0.39, 0.29) is 41.6 Å². The fourth-order valence-electron chi connectivity index (χ4n) is 5.36. The molecule has 36 heavy (non-hydrogen) atoms. The van der Waals surface area contributed by atoms with Crippen molar-refractivity contribution in [1.29, 1.82) is 0 Å². The van der Waals surface area contributed by atoms with Gasteiger partial charge in [-0.25, -0.2) is 0 Å². The highest BCUT2D eigenvalue weighted by atomic mass is 19.4. The molecule has 0 spiro atoms. The smallest absolute Gasteiger partial charge is 0.381 e. The Morgan fingerprint density at radius 3 is 2.64 bits per heavy atom. The second-order valence-corrected chi connectivity index (χ2v) is 10.3. The van der Waals surface area contributed by atoms with Crippen molar-refractivity contribution >= 4 is 22.7 Å². The Morgan fingerprint density at radius 2 is 1.94 bits per heavy atom. The van der Waals surface area contributed by atoms with Crippen molar-refractivity contribution in [2.24, 2.45) is 17.8 Å². The second-order valence-electron chi connectivity index (χ2n) is 10.3. The molecule has 0 radical (unpaired) electrons. The fraction of sp³-hybridized carbons (Fsp3) is 0.630. The van der Waals surface area contributed by atoms with Gasteiger partial charge in [-0.15, -0.1) is 0 Å². The number of nitrogens with one attached hydrogen (secondary N) is 3. The number of ether oxygens (including phenoxy) is 1. The van der Waals surface area contributed by atoms with E-state index in [4.69, 9.17) is 4.74 Å². The zero-order valence-corrected chi connectivity index (χ0v) is 21.0. The summed E-state index contributed by atoms with van der Waals surface area (Å²) in [6, 6.07) is 3.89. The number of alkyl halides is 3. The van der Waals surface area contributed by atoms with Gasteiger partial charge in [-0.1, -0.05) is 32.4 Å². The molecule has 1 saturated heterocycles. The number of carbonyl (C=O) groups excluding carboxylic acids is 2. The molecule has 2 unspecified atom stereocenters. The van der Waals surface area contributed by atoms with Crippen molar-refractivity contribution in [1.82, 2.24) is 15.6 Å². The first kappa shape index (κ1) is 26.5. The third kappa shape index (κ3) is 6.05. The molecule has 2 aromatic rings. The number of hydrogen-bond acceptors (Lipinski definition) is 3. The molecule has 0 bridgehead atoms. The minimum Gasteiger partial charge on any atom is -0.381 e. The van der Waals surface area contributed by atoms with Crippen LogP contribution in [0.1, 0.15) is 62.8 Å². The molecular formula is C27H36F3N3O3. The van der Waals surface area contributed by atoms with Gasteiger partial charge in [-0.3, -0.25) is 9.59 Å². The Bertz CT molecular complexity index is 1080. The van der Waals surface area contributed by atoms with E-state index in [1.807, 2.05) is 13.8 Å². The number of aromatic nitrogens is 1. The topological polar surface area (TPSA) is 83.2 Å². The van der Waals surface area contributed by atoms with E-state index in [0.29, 0.717) is 37.1 Å². The van der Waals surface area contributed by atoms with E-state index in [9.17, 15) is 22.8 Å². The maximum Gasteiger partial charge on any atom is 0.418 e. The van der Waals surface area contributed by atoms with Gasteiger partial charge in [0.15, 0.2) is 0 Å². The van der Waals surface area contributed by atoms with Gasteiger partial charge in [0.25, 0.3) is 0 Å². The van der Waals surface area contributed by atoms with Gasteiger partial charge in [-0.2, -0.15) is 13.2 Å². The first-order valence-corrected chi connectivity index (χ1v) is 13.0. The van der Waals surface area contributed by atoms with Gasteiger partial charge >= 0.3 is 6.18 Å². The third-order valence-corrected chi connectivity index (χ3v) is 7.89. The molecule has 198 valence electrons. The Balaban J connectivity index is 1.41. The number of carbonyl (C=O) groups is 2. The molecule has 6 nitrogen and oxygen atoms in total. The molecule has 2 aliphatic rings. The summed E-state index contributed by atoms with van der Waals surface area (Å²) in [5.41, 5.74) is 0.974. The van der Waals surface area contributed by atoms with Crippen LogP contribution in [-0.2, 0) is 33.3 Å². The number of hydrogen-bond donors (Lipinski definition) is 3. The maximum atomic E-state index is 13.5. The number of aryl methyl sites for hydroxylation is 1. The molecule has 0 saturated carbocycles. The number of halogens is 3. The molecular weight excluding hydrogens is 471 g/mol. The number of rotatable bonds is 8. The molecule has 3 atom stereocenters. The van der Waals surface area contributed by atoms with Gasteiger partial charge in [0.2, 0.25) is 11.8 Å². The summed E-state index contributed by atoms with van der Waals surface area (Å²) in [4.78, 5) is 28.9. The standard InChI is InChI=1S/C27H36F3N3O3/c1-3-16(2)23(14-24(34)31-15-17-9-11-36-12-10-17)33-26(35)18-7-8-22-20(13-18)19-5-4-6-21(25(19)32-22)27(28,29)30/h4-6,16-18,23,32H,3,7-15H2,1-2H3,(H,31,34)(H,33,35)/t16?,18?,23-/m1/s1. The van der Waals surface area contributed by atoms with Crippen LogP contribution in [0.4, 0.5) is 13.2 Å². The summed E-state index contributed by atoms with van der Waals surface area (Å²) in [7, 11) is 0. The van der Waals surface area contributed by atoms with Gasteiger partial charge in [-0.05, 0) is 55.6 Å². The minimum atomic E-state index is -4.45. The van der Waals surface area contributed by atoms with Crippen LogP contribution in [0.5, 0.6) is 0 Å². The van der Waals surface area contributed by atoms with Crippen LogP contribution in [-0.4, -0.2) is 42.6 Å². The number of fused-ring (bicyclic) bond motifs is 3. The lowest BCUT2D eigenvalue weighted by molar-refractivity contribution is -0.136. The first-order chi connectivity index (χ1) is 17.2. The highest BCUT2D eigenvalue weighted by Crippen LogP contribution is 2.39. The Morgan fingerprint density at radius 1 is 1.19 bits per heavy atom. The SMILES string of the molecule is CCC(C)[C@@H](CC(=O)NCC1CCOCC1)NC(=O)C1CCc2[nH]c3c(C(F)(F)F)cccc3c2C1. The summed E-state index contributed by atoms with van der Waals surface area (Å²) in [6.07, 6.45) is -0.0966. The highest BCUT2D eigenvalue weighted by Gasteiger charge is 2.36. The van der Waals surface area contributed by atoms with Crippen LogP contribution in [0.25, 0.3) is 10.9 Å². The van der Waals surface area contributed by atoms with Crippen LogP contribution in [0.2, 0.25) is 0 Å². The van der Waals surface area contributed by atoms with Crippen LogP contribution in [0.3, 0.4) is 0 Å². The zero-order valence-electron chi connectivity index (χ0n) is 21.0. The molecule has 1 aromatic carbocycles. The van der Waals surface area contributed by atoms with Gasteiger partial charge in [0.05, 0.1) is 11.1 Å². The molecule has 1 fully saturated rings. The van der Waals surface area contributed by atoms with Crippen LogP contribution in [0, 0.1) is 17.8 Å². The van der Waals surface area contributed by atoms with Crippen molar-refractivity contribution < 1.29 is 27.5 Å². The molecule has 1 aliphatic heterocycles. The largest absolute Gasteiger partial charge is 0.418 e. The van der Waals surface area contributed by atoms with Gasteiger partial charge in [0, 0.05) is 49.2 Å². The van der Waals surface area contributed by atoms with E-state index >= 15 is 0 Å². The summed E-state index contributed by atoms with van der Waals surface area (Å²) >= 11 is 0. The lowest BCUT2D eigenvalue weighted by Crippen LogP contribution is -2.46. The highest BCUT2D eigenvalue weighted by molar-refractivity contribution is 5.89. The molecule has 1 aliphatic carbocycles. The van der Waals surface area contributed by atoms with E-state index in [0.717, 1.165) is 49.8 Å². The molecule has 9 heteroatoms. The van der Waals surface area contributed by atoms with Crippen LogP contribution in [0.15, 0.2) is 18.2 Å². The predicted octanol–water partition coefficient (Wildman–Crippen LogP) is 4.76. The summed E-state index contributed by atoms with van der Waals surface area (Å²) in [5, 5.41) is 6.65. The Kier molecular flexibility index (Phi) is 8.27. The van der Waals surface area contributed by atoms with Crippen LogP contribution >= 0.6 is 0 Å². The summed E-state index contributed by atoms with van der Waals surface area (Å²) < 4.78 is 45.8. The average Bonchev–Trinajstić information content (AvgIpc) is 3.24. The number of aromatic amines is 1. The molecule has 2 amide bonds. The van der Waals surface area contributed by atoms with E-state index in [1.165, 1.54) is 6.07 Å².